The van der Waals surface area contributed by atoms with Crippen LogP contribution in [0.4, 0.5) is 0 Å². The Kier molecular flexibility index (Phi) is 5.38. The summed E-state index contributed by atoms with van der Waals surface area (Å²) in [7, 11) is 1.58. The molecule has 0 aliphatic heterocycles. The number of nitrogens with zero attached hydrogens (tertiary/aromatic N) is 1. The fraction of sp³-hybridized carbons (Fsp3) is 0.105. The van der Waals surface area contributed by atoms with Crippen LogP contribution in [0.3, 0.4) is 0 Å². The molecule has 0 aliphatic carbocycles. The van der Waals surface area contributed by atoms with Gasteiger partial charge in [0.2, 0.25) is 0 Å². The largest absolute Gasteiger partial charge is 0.497 e. The van der Waals surface area contributed by atoms with E-state index in [-0.39, 0.29) is 11.1 Å². The zero-order chi connectivity index (χ0) is 18.5. The van der Waals surface area contributed by atoms with Crippen molar-refractivity contribution in [1.82, 2.24) is 9.97 Å². The molecule has 7 heteroatoms. The normalized spacial score (nSPS) is 10.5. The van der Waals surface area contributed by atoms with Crippen LogP contribution in [0.2, 0.25) is 0 Å². The van der Waals surface area contributed by atoms with Gasteiger partial charge in [-0.25, -0.2) is 9.78 Å². The summed E-state index contributed by atoms with van der Waals surface area (Å²) in [5.41, 5.74) is 2.31. The zero-order valence-corrected chi connectivity index (χ0v) is 14.7. The molecule has 0 radical (unpaired) electrons. The first-order valence-corrected chi connectivity index (χ1v) is 8.74. The molecule has 0 bridgehead atoms. The molecule has 1 heterocycles. The van der Waals surface area contributed by atoms with Gasteiger partial charge in [0.15, 0.2) is 5.16 Å². The number of carboxylic acids is 1. The molecule has 0 amide bonds. The van der Waals surface area contributed by atoms with Gasteiger partial charge < -0.3 is 14.8 Å². The molecule has 0 spiro atoms. The van der Waals surface area contributed by atoms with Crippen molar-refractivity contribution in [2.45, 2.75) is 10.9 Å². The van der Waals surface area contributed by atoms with Crippen molar-refractivity contribution >= 4 is 17.7 Å². The summed E-state index contributed by atoms with van der Waals surface area (Å²) >= 11 is 1.38. The molecule has 0 atom stereocenters. The van der Waals surface area contributed by atoms with Gasteiger partial charge in [0.25, 0.3) is 5.56 Å². The highest BCUT2D eigenvalue weighted by Crippen LogP contribution is 2.24. The molecule has 0 saturated carbocycles. The summed E-state index contributed by atoms with van der Waals surface area (Å²) < 4.78 is 5.21. The van der Waals surface area contributed by atoms with E-state index in [1.54, 1.807) is 31.4 Å². The molecule has 3 rings (SSSR count). The number of aromatic carboxylic acids is 1. The predicted octanol–water partition coefficient (Wildman–Crippen LogP) is 3.44. The number of carboxylic acid groups (broad SMARTS) is 1. The maximum Gasteiger partial charge on any atom is 0.335 e. The van der Waals surface area contributed by atoms with Gasteiger partial charge in [-0.3, -0.25) is 4.79 Å². The van der Waals surface area contributed by atoms with E-state index in [2.05, 4.69) is 9.97 Å². The maximum absolute atomic E-state index is 12.0. The van der Waals surface area contributed by atoms with Crippen molar-refractivity contribution in [3.8, 4) is 17.0 Å². The van der Waals surface area contributed by atoms with Crippen LogP contribution in [-0.4, -0.2) is 28.2 Å². The number of hydrogen-bond acceptors (Lipinski definition) is 5. The van der Waals surface area contributed by atoms with Crippen LogP contribution in [0.15, 0.2) is 64.5 Å². The number of carbonyl (C=O) groups is 1. The minimum Gasteiger partial charge on any atom is -0.497 e. The van der Waals surface area contributed by atoms with Crippen LogP contribution < -0.4 is 10.3 Å². The number of aromatic nitrogens is 2. The Morgan fingerprint density at radius 1 is 1.19 bits per heavy atom. The Hall–Kier alpha value is -3.06. The van der Waals surface area contributed by atoms with Gasteiger partial charge in [0.1, 0.15) is 5.75 Å². The number of rotatable bonds is 6. The lowest BCUT2D eigenvalue weighted by Gasteiger charge is -2.06. The molecule has 0 unspecified atom stereocenters. The summed E-state index contributed by atoms with van der Waals surface area (Å²) in [5, 5.41) is 9.42. The molecule has 2 N–H and O–H groups in total. The van der Waals surface area contributed by atoms with E-state index >= 15 is 0 Å². The fourth-order valence-electron chi connectivity index (χ4n) is 2.33. The van der Waals surface area contributed by atoms with Crippen molar-refractivity contribution in [2.24, 2.45) is 0 Å². The third-order valence-corrected chi connectivity index (χ3v) is 4.61. The molecule has 0 aliphatic rings. The third kappa shape index (κ3) is 4.31. The monoisotopic (exact) mass is 368 g/mol. The van der Waals surface area contributed by atoms with E-state index in [0.717, 1.165) is 11.1 Å². The summed E-state index contributed by atoms with van der Waals surface area (Å²) in [5.74, 6) is 0.295. The van der Waals surface area contributed by atoms with E-state index in [9.17, 15) is 9.59 Å². The SMILES string of the molecule is COc1cccc(-c2cc(=O)[nH]c(SCc3ccc(C(=O)O)cc3)n2)c1. The summed E-state index contributed by atoms with van der Waals surface area (Å²) in [6.07, 6.45) is 0. The maximum atomic E-state index is 12.0. The second kappa shape index (κ2) is 7.88. The highest BCUT2D eigenvalue weighted by molar-refractivity contribution is 7.98. The van der Waals surface area contributed by atoms with E-state index < -0.39 is 5.97 Å². The molecule has 26 heavy (non-hydrogen) atoms. The van der Waals surface area contributed by atoms with Crippen molar-refractivity contribution in [1.29, 1.82) is 0 Å². The Bertz CT molecular complexity index is 983. The van der Waals surface area contributed by atoms with Crippen molar-refractivity contribution in [3.63, 3.8) is 0 Å². The smallest absolute Gasteiger partial charge is 0.335 e. The second-order valence-electron chi connectivity index (χ2n) is 5.46. The lowest BCUT2D eigenvalue weighted by molar-refractivity contribution is 0.0697. The molecule has 3 aromatic rings. The second-order valence-corrected chi connectivity index (χ2v) is 6.42. The summed E-state index contributed by atoms with van der Waals surface area (Å²) in [6.45, 7) is 0. The zero-order valence-electron chi connectivity index (χ0n) is 13.9. The van der Waals surface area contributed by atoms with Gasteiger partial charge in [-0.2, -0.15) is 0 Å². The van der Waals surface area contributed by atoms with E-state index in [0.29, 0.717) is 22.4 Å². The van der Waals surface area contributed by atoms with Gasteiger partial charge in [0, 0.05) is 17.4 Å². The molecular weight excluding hydrogens is 352 g/mol. The quantitative estimate of drug-likeness (QED) is 0.511. The molecule has 1 aromatic heterocycles. The van der Waals surface area contributed by atoms with Crippen molar-refractivity contribution < 1.29 is 14.6 Å². The number of benzene rings is 2. The molecule has 0 fully saturated rings. The fourth-order valence-corrected chi connectivity index (χ4v) is 3.16. The number of thioether (sulfide) groups is 1. The molecular formula is C19H16N2O4S. The van der Waals surface area contributed by atoms with Crippen LogP contribution in [0.1, 0.15) is 15.9 Å². The van der Waals surface area contributed by atoms with E-state index in [1.165, 1.54) is 17.8 Å². The van der Waals surface area contributed by atoms with Crippen molar-refractivity contribution in [3.05, 3.63) is 76.1 Å². The van der Waals surface area contributed by atoms with E-state index in [4.69, 9.17) is 9.84 Å². The Morgan fingerprint density at radius 3 is 2.65 bits per heavy atom. The average molecular weight is 368 g/mol. The number of aromatic amines is 1. The number of methoxy groups -OCH3 is 1. The van der Waals surface area contributed by atoms with Crippen molar-refractivity contribution in [2.75, 3.05) is 7.11 Å². The third-order valence-electron chi connectivity index (χ3n) is 3.66. The predicted molar refractivity (Wildman–Crippen MR) is 99.8 cm³/mol. The van der Waals surface area contributed by atoms with Gasteiger partial charge in [-0.05, 0) is 29.8 Å². The number of H-pyrrole nitrogens is 1. The van der Waals surface area contributed by atoms with Gasteiger partial charge in [-0.15, -0.1) is 0 Å². The highest BCUT2D eigenvalue weighted by Gasteiger charge is 2.07. The first kappa shape index (κ1) is 17.8. The van der Waals surface area contributed by atoms with Gasteiger partial charge in [-0.1, -0.05) is 36.0 Å². The average Bonchev–Trinajstić information content (AvgIpc) is 2.66. The van der Waals surface area contributed by atoms with Crippen LogP contribution in [-0.2, 0) is 5.75 Å². The number of nitrogens with one attached hydrogen (secondary N) is 1. The molecule has 6 nitrogen and oxygen atoms in total. The lowest BCUT2D eigenvalue weighted by Crippen LogP contribution is -2.08. The summed E-state index contributed by atoms with van der Waals surface area (Å²) in [4.78, 5) is 30.1. The molecule has 132 valence electrons. The molecule has 2 aromatic carbocycles. The highest BCUT2D eigenvalue weighted by atomic mass is 32.2. The van der Waals surface area contributed by atoms with Crippen LogP contribution in [0.5, 0.6) is 5.75 Å². The minimum absolute atomic E-state index is 0.235. The van der Waals surface area contributed by atoms with Crippen LogP contribution in [0.25, 0.3) is 11.3 Å². The lowest BCUT2D eigenvalue weighted by atomic mass is 10.1. The van der Waals surface area contributed by atoms with Gasteiger partial charge >= 0.3 is 5.97 Å². The standard InChI is InChI=1S/C19H16N2O4S/c1-25-15-4-2-3-14(9-15)16-10-17(22)21-19(20-16)26-11-12-5-7-13(8-6-12)18(23)24/h2-10H,11H2,1H3,(H,23,24)(H,20,21,22). The summed E-state index contributed by atoms with van der Waals surface area (Å²) in [6, 6.07) is 15.4. The number of ether oxygens (including phenoxy) is 1. The molecule has 0 saturated heterocycles. The Labute approximate surface area is 153 Å². The first-order chi connectivity index (χ1) is 12.5. The Balaban J connectivity index is 1.79. The minimum atomic E-state index is -0.957. The Morgan fingerprint density at radius 2 is 1.96 bits per heavy atom. The first-order valence-electron chi connectivity index (χ1n) is 7.76. The van der Waals surface area contributed by atoms with E-state index in [1.807, 2.05) is 24.3 Å². The van der Waals surface area contributed by atoms with Crippen LogP contribution >= 0.6 is 11.8 Å². The van der Waals surface area contributed by atoms with Crippen LogP contribution in [0, 0.1) is 0 Å². The van der Waals surface area contributed by atoms with Gasteiger partial charge in [0.05, 0.1) is 18.4 Å². The number of hydrogen-bond donors (Lipinski definition) is 2. The topological polar surface area (TPSA) is 92.3 Å².